The van der Waals surface area contributed by atoms with Crippen molar-refractivity contribution in [3.63, 3.8) is 0 Å². The summed E-state index contributed by atoms with van der Waals surface area (Å²) in [4.78, 5) is 2.48. The molecule has 0 aromatic rings. The molecule has 0 saturated carbocycles. The van der Waals surface area contributed by atoms with Gasteiger partial charge in [0.1, 0.15) is 0 Å². The van der Waals surface area contributed by atoms with E-state index in [1.807, 2.05) is 0 Å². The van der Waals surface area contributed by atoms with Crippen LogP contribution in [0.1, 0.15) is 20.3 Å². The van der Waals surface area contributed by atoms with Crippen LogP contribution < -0.4 is 0 Å². The minimum absolute atomic E-state index is 0.329. The molecule has 13 heavy (non-hydrogen) atoms. The number of rotatable bonds is 4. The zero-order valence-electron chi connectivity index (χ0n) is 8.70. The summed E-state index contributed by atoms with van der Waals surface area (Å²) in [6.45, 7) is 8.41. The van der Waals surface area contributed by atoms with Gasteiger partial charge in [-0.2, -0.15) is 11.8 Å². The van der Waals surface area contributed by atoms with Gasteiger partial charge in [0.05, 0.1) is 0 Å². The Morgan fingerprint density at radius 1 is 1.54 bits per heavy atom. The Hall–Kier alpha value is 0.270. The highest BCUT2D eigenvalue weighted by Gasteiger charge is 2.21. The summed E-state index contributed by atoms with van der Waals surface area (Å²) in [5.41, 5.74) is 0. The third-order valence-electron chi connectivity index (χ3n) is 2.55. The molecule has 1 N–H and O–H groups in total. The molecular weight excluding hydrogens is 182 g/mol. The number of thioether (sulfide) groups is 1. The highest BCUT2D eigenvalue weighted by Crippen LogP contribution is 2.24. The summed E-state index contributed by atoms with van der Waals surface area (Å²) in [6.07, 6.45) is 0.926. The molecule has 78 valence electrons. The number of hydrogen-bond acceptors (Lipinski definition) is 3. The number of hydrogen-bond donors (Lipinski definition) is 1. The van der Waals surface area contributed by atoms with Gasteiger partial charge in [0.15, 0.2) is 0 Å². The maximum Gasteiger partial charge on any atom is 0.0443 e. The summed E-state index contributed by atoms with van der Waals surface area (Å²) in [5.74, 6) is 2.04. The molecule has 0 bridgehead atoms. The summed E-state index contributed by atoms with van der Waals surface area (Å²) < 4.78 is 0. The fourth-order valence-corrected chi connectivity index (χ4v) is 3.00. The van der Waals surface area contributed by atoms with Crippen molar-refractivity contribution in [1.82, 2.24) is 4.90 Å². The van der Waals surface area contributed by atoms with Gasteiger partial charge in [0, 0.05) is 37.2 Å². The van der Waals surface area contributed by atoms with Crippen LogP contribution in [0.25, 0.3) is 0 Å². The van der Waals surface area contributed by atoms with Crippen molar-refractivity contribution in [2.45, 2.75) is 25.5 Å². The predicted octanol–water partition coefficient (Wildman–Crippen LogP) is 1.44. The fraction of sp³-hybridized carbons (Fsp3) is 1.00. The average molecular weight is 203 g/mol. The van der Waals surface area contributed by atoms with E-state index in [0.717, 1.165) is 24.1 Å². The molecule has 1 atom stereocenters. The van der Waals surface area contributed by atoms with Crippen LogP contribution >= 0.6 is 11.8 Å². The van der Waals surface area contributed by atoms with Gasteiger partial charge in [0.2, 0.25) is 0 Å². The monoisotopic (exact) mass is 203 g/mol. The molecule has 1 rings (SSSR count). The van der Waals surface area contributed by atoms with E-state index in [0.29, 0.717) is 6.61 Å². The van der Waals surface area contributed by atoms with Gasteiger partial charge in [-0.1, -0.05) is 13.8 Å². The second-order valence-electron chi connectivity index (χ2n) is 4.03. The van der Waals surface area contributed by atoms with Gasteiger partial charge >= 0.3 is 0 Å². The van der Waals surface area contributed by atoms with Crippen LogP contribution in [0, 0.1) is 5.92 Å². The highest BCUT2D eigenvalue weighted by atomic mass is 32.2. The Bertz CT molecular complexity index is 141. The molecule has 0 amide bonds. The predicted molar refractivity (Wildman–Crippen MR) is 59.2 cm³/mol. The largest absolute Gasteiger partial charge is 0.396 e. The van der Waals surface area contributed by atoms with Crippen molar-refractivity contribution in [2.75, 3.05) is 32.0 Å². The molecule has 0 aromatic heterocycles. The van der Waals surface area contributed by atoms with Gasteiger partial charge in [0.25, 0.3) is 0 Å². The van der Waals surface area contributed by atoms with E-state index in [2.05, 4.69) is 30.5 Å². The molecule has 3 heteroatoms. The number of aliphatic hydroxyl groups excluding tert-OH is 1. The minimum atomic E-state index is 0.329. The van der Waals surface area contributed by atoms with Gasteiger partial charge in [-0.25, -0.2) is 0 Å². The first kappa shape index (κ1) is 11.3. The summed E-state index contributed by atoms with van der Waals surface area (Å²) in [7, 11) is 0. The molecule has 1 heterocycles. The maximum absolute atomic E-state index is 8.74. The lowest BCUT2D eigenvalue weighted by atomic mass is 10.1. The van der Waals surface area contributed by atoms with Gasteiger partial charge < -0.3 is 10.0 Å². The van der Waals surface area contributed by atoms with Crippen LogP contribution in [-0.4, -0.2) is 47.3 Å². The molecule has 2 nitrogen and oxygen atoms in total. The molecular formula is C10H21NOS. The van der Waals surface area contributed by atoms with Crippen molar-refractivity contribution >= 4 is 11.8 Å². The van der Waals surface area contributed by atoms with Crippen LogP contribution in [0.4, 0.5) is 0 Å². The summed E-state index contributed by atoms with van der Waals surface area (Å²) >= 11 is 2.10. The minimum Gasteiger partial charge on any atom is -0.396 e. The fourth-order valence-electron chi connectivity index (χ4n) is 1.63. The quantitative estimate of drug-likeness (QED) is 0.748. The topological polar surface area (TPSA) is 23.5 Å². The third kappa shape index (κ3) is 3.88. The molecule has 0 aliphatic carbocycles. The van der Waals surface area contributed by atoms with Crippen LogP contribution in [0.2, 0.25) is 0 Å². The Morgan fingerprint density at radius 3 is 2.92 bits per heavy atom. The van der Waals surface area contributed by atoms with Crippen LogP contribution in [0.15, 0.2) is 0 Å². The lowest BCUT2D eigenvalue weighted by molar-refractivity contribution is 0.222. The number of aliphatic hydroxyl groups is 1. The molecule has 1 unspecified atom stereocenters. The zero-order valence-corrected chi connectivity index (χ0v) is 9.52. The Kier molecular flexibility index (Phi) is 5.14. The van der Waals surface area contributed by atoms with Crippen LogP contribution in [0.5, 0.6) is 0 Å². The van der Waals surface area contributed by atoms with Crippen LogP contribution in [-0.2, 0) is 0 Å². The molecule has 1 fully saturated rings. The smallest absolute Gasteiger partial charge is 0.0443 e. The van der Waals surface area contributed by atoms with E-state index in [9.17, 15) is 0 Å². The molecule has 0 spiro atoms. The van der Waals surface area contributed by atoms with Gasteiger partial charge in [-0.15, -0.1) is 0 Å². The van der Waals surface area contributed by atoms with Crippen molar-refractivity contribution in [1.29, 1.82) is 0 Å². The van der Waals surface area contributed by atoms with E-state index in [1.165, 1.54) is 18.8 Å². The van der Waals surface area contributed by atoms with E-state index in [4.69, 9.17) is 5.11 Å². The van der Waals surface area contributed by atoms with Gasteiger partial charge in [-0.3, -0.25) is 0 Å². The lowest BCUT2D eigenvalue weighted by Gasteiger charge is -2.34. The van der Waals surface area contributed by atoms with Crippen LogP contribution in [0.3, 0.4) is 0 Å². The molecule has 0 aromatic carbocycles. The first-order chi connectivity index (χ1) is 6.24. The Balaban J connectivity index is 2.25. The molecule has 0 radical (unpaired) electrons. The summed E-state index contributed by atoms with van der Waals surface area (Å²) in [6, 6.07) is 0. The molecule has 1 aliphatic rings. The molecule has 1 saturated heterocycles. The summed E-state index contributed by atoms with van der Waals surface area (Å²) in [5, 5.41) is 9.54. The normalized spacial score (nSPS) is 25.4. The standard InChI is InChI=1S/C10H21NOS/c1-9(2)10-8-11(4-3-6-12)5-7-13-10/h9-10,12H,3-8H2,1-2H3. The molecule has 1 aliphatic heterocycles. The van der Waals surface area contributed by atoms with Crippen molar-refractivity contribution in [3.8, 4) is 0 Å². The Morgan fingerprint density at radius 2 is 2.31 bits per heavy atom. The second kappa shape index (κ2) is 5.89. The van der Waals surface area contributed by atoms with Crippen molar-refractivity contribution in [3.05, 3.63) is 0 Å². The maximum atomic E-state index is 8.74. The van der Waals surface area contributed by atoms with Gasteiger partial charge in [-0.05, 0) is 12.3 Å². The lowest BCUT2D eigenvalue weighted by Crippen LogP contribution is -2.40. The number of nitrogens with zero attached hydrogens (tertiary/aromatic N) is 1. The van der Waals surface area contributed by atoms with Crippen molar-refractivity contribution in [2.24, 2.45) is 5.92 Å². The van der Waals surface area contributed by atoms with Crippen molar-refractivity contribution < 1.29 is 5.11 Å². The second-order valence-corrected chi connectivity index (χ2v) is 5.38. The first-order valence-electron chi connectivity index (χ1n) is 5.19. The average Bonchev–Trinajstić information content (AvgIpc) is 2.15. The highest BCUT2D eigenvalue weighted by molar-refractivity contribution is 8.00. The Labute approximate surface area is 85.7 Å². The van der Waals surface area contributed by atoms with E-state index in [-0.39, 0.29) is 0 Å². The first-order valence-corrected chi connectivity index (χ1v) is 6.23. The third-order valence-corrected chi connectivity index (χ3v) is 4.09. The van der Waals surface area contributed by atoms with E-state index >= 15 is 0 Å². The van der Waals surface area contributed by atoms with E-state index < -0.39 is 0 Å². The SMILES string of the molecule is CC(C)C1CN(CCCO)CCS1. The van der Waals surface area contributed by atoms with E-state index in [1.54, 1.807) is 0 Å². The zero-order chi connectivity index (χ0) is 9.68.